The zero-order valence-corrected chi connectivity index (χ0v) is 11.2. The van der Waals surface area contributed by atoms with Crippen molar-refractivity contribution < 1.29 is 4.79 Å². The number of nitrogens with zero attached hydrogens (tertiary/aromatic N) is 2. The minimum absolute atomic E-state index is 0.0556. The third kappa shape index (κ3) is 3.23. The van der Waals surface area contributed by atoms with E-state index in [-0.39, 0.29) is 5.91 Å². The lowest BCUT2D eigenvalue weighted by molar-refractivity contribution is -0.121. The van der Waals surface area contributed by atoms with Crippen LogP contribution in [0, 0.1) is 5.92 Å². The van der Waals surface area contributed by atoms with Crippen LogP contribution in [0.5, 0.6) is 0 Å². The zero-order chi connectivity index (χ0) is 13.1. The van der Waals surface area contributed by atoms with Crippen LogP contribution >= 0.6 is 11.6 Å². The standard InChI is InChI=1S/C13H16ClN3O/c1-9(2)5-13(18)15-6-11-8-17-7-10(14)3-4-12(17)16-11/h3-4,7-9H,5-6H2,1-2H3,(H,15,18). The Kier molecular flexibility index (Phi) is 3.87. The predicted molar refractivity (Wildman–Crippen MR) is 71.5 cm³/mol. The number of nitrogens with one attached hydrogen (secondary N) is 1. The summed E-state index contributed by atoms with van der Waals surface area (Å²) in [5.41, 5.74) is 1.65. The molecule has 0 aliphatic rings. The molecule has 0 saturated carbocycles. The molecule has 0 unspecified atom stereocenters. The number of rotatable bonds is 4. The van der Waals surface area contributed by atoms with Gasteiger partial charge in [0.1, 0.15) is 5.65 Å². The van der Waals surface area contributed by atoms with Crippen molar-refractivity contribution in [2.24, 2.45) is 5.92 Å². The molecule has 0 atom stereocenters. The summed E-state index contributed by atoms with van der Waals surface area (Å²) in [7, 11) is 0. The molecule has 2 aromatic heterocycles. The van der Waals surface area contributed by atoms with Crippen LogP contribution in [-0.4, -0.2) is 15.3 Å². The summed E-state index contributed by atoms with van der Waals surface area (Å²) < 4.78 is 1.85. The zero-order valence-electron chi connectivity index (χ0n) is 10.5. The van der Waals surface area contributed by atoms with Gasteiger partial charge < -0.3 is 9.72 Å². The number of aromatic nitrogens is 2. The number of hydrogen-bond acceptors (Lipinski definition) is 2. The maximum Gasteiger partial charge on any atom is 0.220 e. The lowest BCUT2D eigenvalue weighted by Crippen LogP contribution is -2.24. The lowest BCUT2D eigenvalue weighted by atomic mass is 10.1. The molecule has 2 heterocycles. The molecule has 5 heteroatoms. The predicted octanol–water partition coefficient (Wildman–Crippen LogP) is 2.65. The fourth-order valence-electron chi connectivity index (χ4n) is 1.73. The van der Waals surface area contributed by atoms with E-state index >= 15 is 0 Å². The normalized spacial score (nSPS) is 11.1. The number of fused-ring (bicyclic) bond motifs is 1. The number of amides is 1. The second-order valence-corrected chi connectivity index (χ2v) is 5.16. The first-order valence-corrected chi connectivity index (χ1v) is 6.32. The van der Waals surface area contributed by atoms with Crippen LogP contribution in [0.4, 0.5) is 0 Å². The highest BCUT2D eigenvalue weighted by Crippen LogP contribution is 2.11. The molecule has 4 nitrogen and oxygen atoms in total. The average molecular weight is 266 g/mol. The van der Waals surface area contributed by atoms with Crippen molar-refractivity contribution in [3.8, 4) is 0 Å². The van der Waals surface area contributed by atoms with Gasteiger partial charge in [-0.15, -0.1) is 0 Å². The van der Waals surface area contributed by atoms with Gasteiger partial charge in [-0.2, -0.15) is 0 Å². The van der Waals surface area contributed by atoms with Gasteiger partial charge in [-0.1, -0.05) is 25.4 Å². The smallest absolute Gasteiger partial charge is 0.220 e. The Morgan fingerprint density at radius 2 is 2.22 bits per heavy atom. The van der Waals surface area contributed by atoms with E-state index in [4.69, 9.17) is 11.6 Å². The van der Waals surface area contributed by atoms with Gasteiger partial charge in [0.05, 0.1) is 17.3 Å². The van der Waals surface area contributed by atoms with Crippen molar-refractivity contribution in [1.29, 1.82) is 0 Å². The van der Waals surface area contributed by atoms with Crippen LogP contribution in [-0.2, 0) is 11.3 Å². The van der Waals surface area contributed by atoms with E-state index in [1.54, 1.807) is 12.3 Å². The first-order chi connectivity index (χ1) is 8.54. The molecule has 1 N–H and O–H groups in total. The SMILES string of the molecule is CC(C)CC(=O)NCc1cn2cc(Cl)ccc2n1. The van der Waals surface area contributed by atoms with E-state index < -0.39 is 0 Å². The Morgan fingerprint density at radius 1 is 1.44 bits per heavy atom. The van der Waals surface area contributed by atoms with Crippen molar-refractivity contribution in [2.75, 3.05) is 0 Å². The van der Waals surface area contributed by atoms with Crippen molar-refractivity contribution in [3.63, 3.8) is 0 Å². The molecule has 2 rings (SSSR count). The number of halogens is 1. The van der Waals surface area contributed by atoms with Gasteiger partial charge in [0.2, 0.25) is 5.91 Å². The molecule has 0 saturated heterocycles. The topological polar surface area (TPSA) is 46.4 Å². The number of hydrogen-bond donors (Lipinski definition) is 1. The minimum atomic E-state index is 0.0556. The third-order valence-corrected chi connectivity index (χ3v) is 2.75. The lowest BCUT2D eigenvalue weighted by Gasteiger charge is -2.04. The van der Waals surface area contributed by atoms with Crippen LogP contribution in [0.2, 0.25) is 5.02 Å². The molecule has 2 aromatic rings. The van der Waals surface area contributed by atoms with E-state index in [9.17, 15) is 4.79 Å². The quantitative estimate of drug-likeness (QED) is 0.924. The maximum atomic E-state index is 11.5. The van der Waals surface area contributed by atoms with Crippen molar-refractivity contribution in [3.05, 3.63) is 35.2 Å². The van der Waals surface area contributed by atoms with Gasteiger partial charge in [0.15, 0.2) is 0 Å². The molecular formula is C13H16ClN3O. The molecule has 96 valence electrons. The highest BCUT2D eigenvalue weighted by Gasteiger charge is 2.06. The molecule has 0 aliphatic heterocycles. The van der Waals surface area contributed by atoms with E-state index in [0.717, 1.165) is 11.3 Å². The molecule has 0 radical (unpaired) electrons. The Hall–Kier alpha value is -1.55. The first kappa shape index (κ1) is 12.9. The molecule has 0 fully saturated rings. The van der Waals surface area contributed by atoms with Crippen LogP contribution < -0.4 is 5.32 Å². The molecule has 1 amide bonds. The fourth-order valence-corrected chi connectivity index (χ4v) is 1.90. The Morgan fingerprint density at radius 3 is 2.94 bits per heavy atom. The van der Waals surface area contributed by atoms with Gasteiger partial charge in [-0.05, 0) is 18.1 Å². The summed E-state index contributed by atoms with van der Waals surface area (Å²) >= 11 is 5.89. The second kappa shape index (κ2) is 5.40. The molecule has 0 spiro atoms. The van der Waals surface area contributed by atoms with E-state index in [2.05, 4.69) is 10.3 Å². The summed E-state index contributed by atoms with van der Waals surface area (Å²) in [6, 6.07) is 3.65. The van der Waals surface area contributed by atoms with Crippen LogP contribution in [0.15, 0.2) is 24.5 Å². The molecule has 0 aliphatic carbocycles. The fraction of sp³-hybridized carbons (Fsp3) is 0.385. The summed E-state index contributed by atoms with van der Waals surface area (Å²) in [5, 5.41) is 3.52. The van der Waals surface area contributed by atoms with Gasteiger partial charge in [0.25, 0.3) is 0 Å². The second-order valence-electron chi connectivity index (χ2n) is 4.72. The number of carbonyl (C=O) groups excluding carboxylic acids is 1. The number of imidazole rings is 1. The summed E-state index contributed by atoms with van der Waals surface area (Å²) in [6.07, 6.45) is 4.21. The molecular weight excluding hydrogens is 250 g/mol. The Bertz CT molecular complexity index is 562. The van der Waals surface area contributed by atoms with Crippen molar-refractivity contribution in [1.82, 2.24) is 14.7 Å². The minimum Gasteiger partial charge on any atom is -0.350 e. The van der Waals surface area contributed by atoms with Crippen molar-refractivity contribution in [2.45, 2.75) is 26.8 Å². The van der Waals surface area contributed by atoms with Crippen LogP contribution in [0.1, 0.15) is 26.0 Å². The van der Waals surface area contributed by atoms with Crippen LogP contribution in [0.3, 0.4) is 0 Å². The average Bonchev–Trinajstić information content (AvgIpc) is 2.67. The van der Waals surface area contributed by atoms with Gasteiger partial charge in [-0.3, -0.25) is 4.79 Å². The summed E-state index contributed by atoms with van der Waals surface area (Å²) in [4.78, 5) is 15.9. The van der Waals surface area contributed by atoms with Crippen LogP contribution in [0.25, 0.3) is 5.65 Å². The highest BCUT2D eigenvalue weighted by molar-refractivity contribution is 6.30. The number of pyridine rings is 1. The van der Waals surface area contributed by atoms with Crippen molar-refractivity contribution >= 4 is 23.2 Å². The summed E-state index contributed by atoms with van der Waals surface area (Å²) in [5.74, 6) is 0.421. The van der Waals surface area contributed by atoms with E-state index in [1.807, 2.05) is 30.5 Å². The van der Waals surface area contributed by atoms with Gasteiger partial charge in [-0.25, -0.2) is 4.98 Å². The largest absolute Gasteiger partial charge is 0.350 e. The summed E-state index contributed by atoms with van der Waals surface area (Å²) in [6.45, 7) is 4.49. The highest BCUT2D eigenvalue weighted by atomic mass is 35.5. The molecule has 0 bridgehead atoms. The van der Waals surface area contributed by atoms with E-state index in [0.29, 0.717) is 23.9 Å². The van der Waals surface area contributed by atoms with E-state index in [1.165, 1.54) is 0 Å². The Balaban J connectivity index is 2.02. The monoisotopic (exact) mass is 265 g/mol. The third-order valence-electron chi connectivity index (χ3n) is 2.53. The number of carbonyl (C=O) groups is 1. The maximum absolute atomic E-state index is 11.5. The first-order valence-electron chi connectivity index (χ1n) is 5.94. The van der Waals surface area contributed by atoms with Gasteiger partial charge >= 0.3 is 0 Å². The van der Waals surface area contributed by atoms with Gasteiger partial charge in [0, 0.05) is 18.8 Å². The molecule has 0 aromatic carbocycles. The Labute approximate surface area is 111 Å². The molecule has 18 heavy (non-hydrogen) atoms.